The SMILES string of the molecule is O=C(Cc1ccsc1)C1CCOC2(CCOCC2)C1. The number of carbonyl (C=O) groups excluding carboxylic acids is 1. The Bertz CT molecular complexity index is 415. The summed E-state index contributed by atoms with van der Waals surface area (Å²) in [6.07, 6.45) is 4.23. The molecular formula is C15H20O3S. The Morgan fingerprint density at radius 3 is 2.95 bits per heavy atom. The van der Waals surface area contributed by atoms with E-state index in [1.165, 1.54) is 0 Å². The summed E-state index contributed by atoms with van der Waals surface area (Å²) in [4.78, 5) is 12.4. The van der Waals surface area contributed by atoms with Crippen molar-refractivity contribution in [3.8, 4) is 0 Å². The number of ketones is 1. The minimum Gasteiger partial charge on any atom is -0.381 e. The normalized spacial score (nSPS) is 26.4. The van der Waals surface area contributed by atoms with Gasteiger partial charge in [0.15, 0.2) is 0 Å². The molecule has 0 radical (unpaired) electrons. The van der Waals surface area contributed by atoms with Crippen LogP contribution in [0.5, 0.6) is 0 Å². The lowest BCUT2D eigenvalue weighted by molar-refractivity contribution is -0.156. The molecule has 0 aliphatic carbocycles. The molecule has 0 saturated carbocycles. The zero-order valence-corrected chi connectivity index (χ0v) is 11.9. The van der Waals surface area contributed by atoms with Crippen LogP contribution < -0.4 is 0 Å². The molecule has 4 heteroatoms. The number of Topliss-reactive ketones (excluding diaryl/α,β-unsaturated/α-hetero) is 1. The molecule has 104 valence electrons. The quantitative estimate of drug-likeness (QED) is 0.854. The summed E-state index contributed by atoms with van der Waals surface area (Å²) < 4.78 is 11.4. The Balaban J connectivity index is 1.62. The largest absolute Gasteiger partial charge is 0.381 e. The lowest BCUT2D eigenvalue weighted by Crippen LogP contribution is -2.46. The fourth-order valence-electron chi connectivity index (χ4n) is 3.13. The van der Waals surface area contributed by atoms with E-state index in [2.05, 4.69) is 5.38 Å². The van der Waals surface area contributed by atoms with Crippen LogP contribution in [-0.4, -0.2) is 31.2 Å². The third-order valence-corrected chi connectivity index (χ3v) is 5.04. The fourth-order valence-corrected chi connectivity index (χ4v) is 3.80. The summed E-state index contributed by atoms with van der Waals surface area (Å²) in [5.41, 5.74) is 1.08. The lowest BCUT2D eigenvalue weighted by atomic mass is 9.78. The monoisotopic (exact) mass is 280 g/mol. The van der Waals surface area contributed by atoms with Gasteiger partial charge in [-0.1, -0.05) is 0 Å². The molecular weight excluding hydrogens is 260 g/mol. The van der Waals surface area contributed by atoms with Crippen LogP contribution in [0.25, 0.3) is 0 Å². The van der Waals surface area contributed by atoms with Crippen molar-refractivity contribution in [2.45, 2.75) is 37.7 Å². The van der Waals surface area contributed by atoms with Gasteiger partial charge in [0.05, 0.1) is 5.60 Å². The molecule has 2 aliphatic rings. The second-order valence-electron chi connectivity index (χ2n) is 5.61. The van der Waals surface area contributed by atoms with Crippen LogP contribution >= 0.6 is 11.3 Å². The van der Waals surface area contributed by atoms with Gasteiger partial charge in [-0.3, -0.25) is 4.79 Å². The van der Waals surface area contributed by atoms with Crippen LogP contribution in [0.15, 0.2) is 16.8 Å². The molecule has 1 unspecified atom stereocenters. The van der Waals surface area contributed by atoms with E-state index in [1.54, 1.807) is 11.3 Å². The summed E-state index contributed by atoms with van der Waals surface area (Å²) in [6, 6.07) is 2.05. The number of hydrogen-bond donors (Lipinski definition) is 0. The highest BCUT2D eigenvalue weighted by Crippen LogP contribution is 2.37. The Morgan fingerprint density at radius 1 is 1.37 bits per heavy atom. The van der Waals surface area contributed by atoms with E-state index in [9.17, 15) is 4.79 Å². The van der Waals surface area contributed by atoms with Crippen LogP contribution in [0, 0.1) is 5.92 Å². The van der Waals surface area contributed by atoms with Gasteiger partial charge in [-0.25, -0.2) is 0 Å². The highest BCUT2D eigenvalue weighted by Gasteiger charge is 2.40. The molecule has 1 atom stereocenters. The van der Waals surface area contributed by atoms with E-state index in [0.29, 0.717) is 12.2 Å². The van der Waals surface area contributed by atoms with E-state index >= 15 is 0 Å². The molecule has 0 amide bonds. The minimum absolute atomic E-state index is 0.0779. The predicted octanol–water partition coefficient (Wildman–Crippen LogP) is 2.84. The first-order valence-corrected chi connectivity index (χ1v) is 7.97. The molecule has 0 bridgehead atoms. The first-order valence-electron chi connectivity index (χ1n) is 7.03. The summed E-state index contributed by atoms with van der Waals surface area (Å²) >= 11 is 1.66. The standard InChI is InChI=1S/C15H20O3S/c16-14(9-12-2-8-19-11-12)13-1-5-18-15(10-13)3-6-17-7-4-15/h2,8,11,13H,1,3-7,9-10H2. The molecule has 2 saturated heterocycles. The molecule has 3 rings (SSSR count). The van der Waals surface area contributed by atoms with Crippen molar-refractivity contribution in [3.05, 3.63) is 22.4 Å². The molecule has 19 heavy (non-hydrogen) atoms. The van der Waals surface area contributed by atoms with Crippen molar-refractivity contribution >= 4 is 17.1 Å². The number of carbonyl (C=O) groups is 1. The van der Waals surface area contributed by atoms with Gasteiger partial charge in [0.25, 0.3) is 0 Å². The maximum atomic E-state index is 12.4. The minimum atomic E-state index is -0.0779. The lowest BCUT2D eigenvalue weighted by Gasteiger charge is -2.42. The van der Waals surface area contributed by atoms with E-state index < -0.39 is 0 Å². The van der Waals surface area contributed by atoms with Gasteiger partial charge in [-0.2, -0.15) is 11.3 Å². The molecule has 1 aromatic rings. The maximum Gasteiger partial charge on any atom is 0.140 e. The van der Waals surface area contributed by atoms with Gasteiger partial charge in [0.2, 0.25) is 0 Å². The van der Waals surface area contributed by atoms with Gasteiger partial charge in [0, 0.05) is 32.2 Å². The number of ether oxygens (including phenoxy) is 2. The molecule has 0 aromatic carbocycles. The van der Waals surface area contributed by atoms with Crippen LogP contribution in [0.1, 0.15) is 31.2 Å². The molecule has 2 fully saturated rings. The van der Waals surface area contributed by atoms with Gasteiger partial charge >= 0.3 is 0 Å². The van der Waals surface area contributed by atoms with Crippen LogP contribution in [0.4, 0.5) is 0 Å². The zero-order chi connectivity index (χ0) is 13.1. The molecule has 2 aliphatic heterocycles. The summed E-state index contributed by atoms with van der Waals surface area (Å²) in [5, 5.41) is 4.11. The van der Waals surface area contributed by atoms with Crippen LogP contribution in [0.3, 0.4) is 0 Å². The highest BCUT2D eigenvalue weighted by molar-refractivity contribution is 7.07. The van der Waals surface area contributed by atoms with Crippen LogP contribution in [-0.2, 0) is 20.7 Å². The topological polar surface area (TPSA) is 35.5 Å². The first-order chi connectivity index (χ1) is 9.27. The van der Waals surface area contributed by atoms with Gasteiger partial charge in [-0.15, -0.1) is 0 Å². The second kappa shape index (κ2) is 5.73. The van der Waals surface area contributed by atoms with Gasteiger partial charge in [0.1, 0.15) is 5.78 Å². The molecule has 3 nitrogen and oxygen atoms in total. The Labute approximate surface area is 117 Å². The van der Waals surface area contributed by atoms with Crippen molar-refractivity contribution in [3.63, 3.8) is 0 Å². The smallest absolute Gasteiger partial charge is 0.140 e. The third kappa shape index (κ3) is 3.07. The zero-order valence-electron chi connectivity index (χ0n) is 11.1. The average molecular weight is 280 g/mol. The van der Waals surface area contributed by atoms with Crippen molar-refractivity contribution in [2.75, 3.05) is 19.8 Å². The number of thiophene rings is 1. The molecule has 0 N–H and O–H groups in total. The highest BCUT2D eigenvalue weighted by atomic mass is 32.1. The molecule has 1 spiro atoms. The van der Waals surface area contributed by atoms with Crippen LogP contribution in [0.2, 0.25) is 0 Å². The first kappa shape index (κ1) is 13.3. The van der Waals surface area contributed by atoms with Gasteiger partial charge in [-0.05, 0) is 48.1 Å². The summed E-state index contributed by atoms with van der Waals surface area (Å²) in [7, 11) is 0. The third-order valence-electron chi connectivity index (χ3n) is 4.31. The van der Waals surface area contributed by atoms with Crippen molar-refractivity contribution in [1.82, 2.24) is 0 Å². The Morgan fingerprint density at radius 2 is 2.21 bits per heavy atom. The molecule has 3 heterocycles. The summed E-state index contributed by atoms with van der Waals surface area (Å²) in [5.74, 6) is 0.555. The Kier molecular flexibility index (Phi) is 4.01. The average Bonchev–Trinajstić information content (AvgIpc) is 2.92. The second-order valence-corrected chi connectivity index (χ2v) is 6.39. The summed E-state index contributed by atoms with van der Waals surface area (Å²) in [6.45, 7) is 2.26. The number of hydrogen-bond acceptors (Lipinski definition) is 4. The molecule has 1 aromatic heterocycles. The van der Waals surface area contributed by atoms with E-state index in [0.717, 1.165) is 51.1 Å². The van der Waals surface area contributed by atoms with Crippen molar-refractivity contribution in [2.24, 2.45) is 5.92 Å². The maximum absolute atomic E-state index is 12.4. The predicted molar refractivity (Wildman–Crippen MR) is 74.5 cm³/mol. The van der Waals surface area contributed by atoms with Gasteiger partial charge < -0.3 is 9.47 Å². The van der Waals surface area contributed by atoms with E-state index in [4.69, 9.17) is 9.47 Å². The van der Waals surface area contributed by atoms with E-state index in [1.807, 2.05) is 11.4 Å². The Hall–Kier alpha value is -0.710. The van der Waals surface area contributed by atoms with Crippen molar-refractivity contribution < 1.29 is 14.3 Å². The fraction of sp³-hybridized carbons (Fsp3) is 0.667. The van der Waals surface area contributed by atoms with Crippen molar-refractivity contribution in [1.29, 1.82) is 0 Å². The van der Waals surface area contributed by atoms with E-state index in [-0.39, 0.29) is 11.5 Å². The number of rotatable bonds is 3.